The molecule has 0 atom stereocenters. The quantitative estimate of drug-likeness (QED) is 0.871. The van der Waals surface area contributed by atoms with Crippen LogP contribution in [0.1, 0.15) is 32.6 Å². The number of rotatable bonds is 5. The van der Waals surface area contributed by atoms with E-state index < -0.39 is 5.54 Å². The normalized spacial score (nSPS) is 11.6. The van der Waals surface area contributed by atoms with Crippen molar-refractivity contribution in [2.75, 3.05) is 7.11 Å². The number of nitrogens with zero attached hydrogens (tertiary/aromatic N) is 2. The fourth-order valence-electron chi connectivity index (χ4n) is 1.91. The molecular weight excluding hydrogens is 258 g/mol. The molecule has 108 valence electrons. The van der Waals surface area contributed by atoms with E-state index in [4.69, 9.17) is 15.0 Å². The van der Waals surface area contributed by atoms with E-state index in [1.54, 1.807) is 12.1 Å². The molecule has 0 spiro atoms. The minimum Gasteiger partial charge on any atom is -0.504 e. The Morgan fingerprint density at radius 2 is 2.05 bits per heavy atom. The van der Waals surface area contributed by atoms with E-state index in [0.717, 1.165) is 0 Å². The highest BCUT2D eigenvalue weighted by molar-refractivity contribution is 5.60. The maximum atomic E-state index is 9.58. The molecule has 20 heavy (non-hydrogen) atoms. The zero-order chi connectivity index (χ0) is 14.8. The Morgan fingerprint density at radius 3 is 2.65 bits per heavy atom. The van der Waals surface area contributed by atoms with Crippen LogP contribution in [0.5, 0.6) is 11.5 Å². The van der Waals surface area contributed by atoms with Crippen molar-refractivity contribution in [3.63, 3.8) is 0 Å². The van der Waals surface area contributed by atoms with E-state index in [-0.39, 0.29) is 5.75 Å². The number of hydrogen-bond acceptors (Lipinski definition) is 6. The van der Waals surface area contributed by atoms with Crippen LogP contribution in [0.25, 0.3) is 11.4 Å². The maximum absolute atomic E-state index is 9.58. The lowest BCUT2D eigenvalue weighted by molar-refractivity contribution is 0.268. The molecule has 0 radical (unpaired) electrons. The molecule has 1 heterocycles. The standard InChI is InChI=1S/C14H19N3O3/c1-4-14(15,5-2)13-16-12(17-20-13)9-6-7-10(18)11(8-9)19-3/h6-8,18H,4-5,15H2,1-3H3. The zero-order valence-corrected chi connectivity index (χ0v) is 11.9. The second-order valence-electron chi connectivity index (χ2n) is 4.67. The van der Waals surface area contributed by atoms with Gasteiger partial charge in [-0.15, -0.1) is 0 Å². The average molecular weight is 277 g/mol. The van der Waals surface area contributed by atoms with Crippen molar-refractivity contribution in [2.45, 2.75) is 32.2 Å². The van der Waals surface area contributed by atoms with Gasteiger partial charge < -0.3 is 20.1 Å². The van der Waals surface area contributed by atoms with Crippen LogP contribution in [-0.4, -0.2) is 22.4 Å². The van der Waals surface area contributed by atoms with E-state index in [1.807, 2.05) is 13.8 Å². The van der Waals surface area contributed by atoms with Crippen LogP contribution in [0.3, 0.4) is 0 Å². The predicted octanol–water partition coefficient (Wildman–Crippen LogP) is 2.42. The van der Waals surface area contributed by atoms with E-state index >= 15 is 0 Å². The molecule has 6 nitrogen and oxygen atoms in total. The minimum absolute atomic E-state index is 0.0651. The van der Waals surface area contributed by atoms with Gasteiger partial charge in [-0.25, -0.2) is 0 Å². The van der Waals surface area contributed by atoms with Crippen molar-refractivity contribution in [3.8, 4) is 22.9 Å². The summed E-state index contributed by atoms with van der Waals surface area (Å²) in [7, 11) is 1.49. The van der Waals surface area contributed by atoms with E-state index in [9.17, 15) is 5.11 Å². The summed E-state index contributed by atoms with van der Waals surface area (Å²) in [5.41, 5.74) is 6.32. The van der Waals surface area contributed by atoms with Gasteiger partial charge in [0, 0.05) is 5.56 Å². The molecule has 2 aromatic rings. The van der Waals surface area contributed by atoms with Crippen molar-refractivity contribution < 1.29 is 14.4 Å². The first-order valence-corrected chi connectivity index (χ1v) is 6.54. The molecule has 3 N–H and O–H groups in total. The highest BCUT2D eigenvalue weighted by Crippen LogP contribution is 2.31. The van der Waals surface area contributed by atoms with Gasteiger partial charge in [0.25, 0.3) is 0 Å². The Balaban J connectivity index is 2.38. The summed E-state index contributed by atoms with van der Waals surface area (Å²) in [5.74, 6) is 1.27. The summed E-state index contributed by atoms with van der Waals surface area (Å²) in [6, 6.07) is 4.88. The van der Waals surface area contributed by atoms with E-state index in [0.29, 0.717) is 35.9 Å². The van der Waals surface area contributed by atoms with Gasteiger partial charge in [0.1, 0.15) is 0 Å². The Morgan fingerprint density at radius 1 is 1.35 bits per heavy atom. The zero-order valence-electron chi connectivity index (χ0n) is 11.9. The van der Waals surface area contributed by atoms with Gasteiger partial charge in [0.2, 0.25) is 11.7 Å². The monoisotopic (exact) mass is 277 g/mol. The molecule has 0 unspecified atom stereocenters. The van der Waals surface area contributed by atoms with Gasteiger partial charge in [0.05, 0.1) is 12.6 Å². The molecule has 1 aromatic heterocycles. The highest BCUT2D eigenvalue weighted by atomic mass is 16.5. The van der Waals surface area contributed by atoms with Crippen LogP contribution in [0, 0.1) is 0 Å². The summed E-state index contributed by atoms with van der Waals surface area (Å²) >= 11 is 0. The lowest BCUT2D eigenvalue weighted by atomic mass is 9.94. The number of phenols is 1. The molecule has 6 heteroatoms. The van der Waals surface area contributed by atoms with Crippen LogP contribution < -0.4 is 10.5 Å². The van der Waals surface area contributed by atoms with Crippen molar-refractivity contribution >= 4 is 0 Å². The third-order valence-corrected chi connectivity index (χ3v) is 3.55. The molecule has 2 rings (SSSR count). The summed E-state index contributed by atoms with van der Waals surface area (Å²) in [4.78, 5) is 4.36. The fraction of sp³-hybridized carbons (Fsp3) is 0.429. The van der Waals surface area contributed by atoms with Gasteiger partial charge in [-0.3, -0.25) is 0 Å². The topological polar surface area (TPSA) is 94.4 Å². The number of nitrogens with two attached hydrogens (primary N) is 1. The van der Waals surface area contributed by atoms with Crippen LogP contribution in [0.15, 0.2) is 22.7 Å². The number of benzene rings is 1. The first-order chi connectivity index (χ1) is 9.54. The van der Waals surface area contributed by atoms with Crippen molar-refractivity contribution in [2.24, 2.45) is 5.73 Å². The van der Waals surface area contributed by atoms with Crippen molar-refractivity contribution in [1.82, 2.24) is 10.1 Å². The Kier molecular flexibility index (Phi) is 3.94. The van der Waals surface area contributed by atoms with Gasteiger partial charge >= 0.3 is 0 Å². The smallest absolute Gasteiger partial charge is 0.247 e. The van der Waals surface area contributed by atoms with Crippen molar-refractivity contribution in [1.29, 1.82) is 0 Å². The number of aromatic hydroxyl groups is 1. The molecule has 0 aliphatic rings. The predicted molar refractivity (Wildman–Crippen MR) is 74.4 cm³/mol. The molecule has 0 fully saturated rings. The molecule has 0 aliphatic carbocycles. The third kappa shape index (κ3) is 2.46. The SMILES string of the molecule is CCC(N)(CC)c1nc(-c2ccc(O)c(OC)c2)no1. The van der Waals surface area contributed by atoms with Crippen LogP contribution in [0.4, 0.5) is 0 Å². The largest absolute Gasteiger partial charge is 0.504 e. The Hall–Kier alpha value is -2.08. The molecule has 0 aliphatic heterocycles. The summed E-state index contributed by atoms with van der Waals surface area (Å²) < 4.78 is 10.3. The first kappa shape index (κ1) is 14.3. The third-order valence-electron chi connectivity index (χ3n) is 3.55. The number of methoxy groups -OCH3 is 1. The van der Waals surface area contributed by atoms with Crippen LogP contribution >= 0.6 is 0 Å². The molecule has 1 aromatic carbocycles. The van der Waals surface area contributed by atoms with E-state index in [1.165, 1.54) is 13.2 Å². The number of ether oxygens (including phenoxy) is 1. The molecular formula is C14H19N3O3. The molecule has 0 saturated carbocycles. The summed E-state index contributed by atoms with van der Waals surface area (Å²) in [6.07, 6.45) is 1.42. The number of phenolic OH excluding ortho intramolecular Hbond substituents is 1. The average Bonchev–Trinajstić information content (AvgIpc) is 2.97. The Labute approximate surface area is 117 Å². The van der Waals surface area contributed by atoms with Gasteiger partial charge in [-0.05, 0) is 31.0 Å². The molecule has 0 saturated heterocycles. The Bertz CT molecular complexity index is 591. The molecule has 0 amide bonds. The lowest BCUT2D eigenvalue weighted by Crippen LogP contribution is -2.35. The first-order valence-electron chi connectivity index (χ1n) is 6.54. The van der Waals surface area contributed by atoms with Crippen LogP contribution in [0.2, 0.25) is 0 Å². The van der Waals surface area contributed by atoms with Gasteiger partial charge in [-0.1, -0.05) is 19.0 Å². The molecule has 0 bridgehead atoms. The van der Waals surface area contributed by atoms with E-state index in [2.05, 4.69) is 10.1 Å². The lowest BCUT2D eigenvalue weighted by Gasteiger charge is -2.20. The summed E-state index contributed by atoms with van der Waals surface area (Å²) in [6.45, 7) is 3.97. The van der Waals surface area contributed by atoms with Crippen molar-refractivity contribution in [3.05, 3.63) is 24.1 Å². The second kappa shape index (κ2) is 5.50. The number of aromatic nitrogens is 2. The van der Waals surface area contributed by atoms with Crippen LogP contribution in [-0.2, 0) is 5.54 Å². The minimum atomic E-state index is -0.605. The summed E-state index contributed by atoms with van der Waals surface area (Å²) in [5, 5.41) is 13.5. The number of hydrogen-bond donors (Lipinski definition) is 2. The second-order valence-corrected chi connectivity index (χ2v) is 4.67. The highest BCUT2D eigenvalue weighted by Gasteiger charge is 2.30. The van der Waals surface area contributed by atoms with Gasteiger partial charge in [0.15, 0.2) is 11.5 Å². The van der Waals surface area contributed by atoms with Gasteiger partial charge in [-0.2, -0.15) is 4.98 Å². The maximum Gasteiger partial charge on any atom is 0.247 e. The fourth-order valence-corrected chi connectivity index (χ4v) is 1.91.